The van der Waals surface area contributed by atoms with E-state index in [2.05, 4.69) is 252 Å². The highest BCUT2D eigenvalue weighted by Crippen LogP contribution is 2.62. The second-order valence-corrected chi connectivity index (χ2v) is 24.9. The van der Waals surface area contributed by atoms with Crippen molar-refractivity contribution in [1.82, 2.24) is 0 Å². The van der Waals surface area contributed by atoms with Crippen LogP contribution in [-0.2, 0) is 16.2 Å². The zero-order valence-corrected chi connectivity index (χ0v) is 44.9. The second-order valence-electron chi connectivity index (χ2n) is 24.9. The first kappa shape index (κ1) is 45.4. The largest absolute Gasteiger partial charge is 0.456 e. The molecule has 4 aliphatic rings. The number of anilines is 8. The van der Waals surface area contributed by atoms with Crippen molar-refractivity contribution >= 4 is 112 Å². The van der Waals surface area contributed by atoms with Crippen molar-refractivity contribution in [2.75, 3.05) is 14.7 Å². The van der Waals surface area contributed by atoms with Crippen molar-refractivity contribution in [3.8, 4) is 11.1 Å². The van der Waals surface area contributed by atoms with Crippen LogP contribution in [0.5, 0.6) is 0 Å². The Hall–Kier alpha value is -7.96. The van der Waals surface area contributed by atoms with Crippen LogP contribution in [0.15, 0.2) is 191 Å². The number of benzene rings is 9. The first-order chi connectivity index (χ1) is 36.7. The summed E-state index contributed by atoms with van der Waals surface area (Å²) in [5.74, 6) is 0. The molecule has 0 amide bonds. The Labute approximate surface area is 446 Å². The number of hydrogen-bond donors (Lipinski definition) is 0. The number of hydrogen-bond acceptors (Lipinski definition) is 5. The van der Waals surface area contributed by atoms with Gasteiger partial charge in [-0.25, -0.2) is 0 Å². The quantitative estimate of drug-likeness (QED) is 0.164. The minimum absolute atomic E-state index is 0.0496. The molecule has 0 saturated heterocycles. The summed E-state index contributed by atoms with van der Waals surface area (Å²) < 4.78 is 13.1. The Bertz CT molecular complexity index is 4020. The molecule has 1 aliphatic carbocycles. The Kier molecular flexibility index (Phi) is 9.45. The summed E-state index contributed by atoms with van der Waals surface area (Å²) in [5.41, 5.74) is 23.2. The lowest BCUT2D eigenvalue weighted by Crippen LogP contribution is -2.61. The van der Waals surface area contributed by atoms with E-state index in [1.54, 1.807) is 0 Å². The highest BCUT2D eigenvalue weighted by Gasteiger charge is 2.58. The standard InChI is InChI=1S/C70H62BN3O2/c1-67(2,3)45-25-29-55-58(37-45)72(47-27-32-64-52(39-47)50-20-12-14-22-62(50)75-64)60-41-49(74-57-31-24-44(43-18-10-9-11-19-43)36-54(57)69(7)34-16-17-35-70(69,74)8)42-61-66(60)71(55)56-30-26-46(68(4,5)6)38-59(56)73(61)48-28-33-65-53(40-48)51-21-13-15-23-63(51)76-65/h9-15,18-33,36-42H,16-17,34-35H2,1-8H3. The maximum absolute atomic E-state index is 6.54. The van der Waals surface area contributed by atoms with Crippen LogP contribution in [-0.4, -0.2) is 12.3 Å². The van der Waals surface area contributed by atoms with Crippen LogP contribution in [0, 0.1) is 0 Å². The smallest absolute Gasteiger partial charge is 0.252 e. The van der Waals surface area contributed by atoms with Gasteiger partial charge < -0.3 is 23.5 Å². The van der Waals surface area contributed by atoms with Crippen molar-refractivity contribution in [2.24, 2.45) is 0 Å². The van der Waals surface area contributed by atoms with E-state index in [4.69, 9.17) is 8.83 Å². The fraction of sp³-hybridized carbons (Fsp3) is 0.229. The van der Waals surface area contributed by atoms with Crippen LogP contribution in [0.1, 0.15) is 97.8 Å². The van der Waals surface area contributed by atoms with E-state index in [1.165, 1.54) is 91.2 Å². The summed E-state index contributed by atoms with van der Waals surface area (Å²) in [6.07, 6.45) is 4.62. The maximum Gasteiger partial charge on any atom is 0.252 e. The van der Waals surface area contributed by atoms with Gasteiger partial charge in [-0.1, -0.05) is 158 Å². The predicted octanol–water partition coefficient (Wildman–Crippen LogP) is 17.6. The maximum atomic E-state index is 6.54. The van der Waals surface area contributed by atoms with E-state index in [-0.39, 0.29) is 28.5 Å². The average Bonchev–Trinajstić information content (AvgIpc) is 4.17. The molecule has 5 nitrogen and oxygen atoms in total. The van der Waals surface area contributed by atoms with E-state index < -0.39 is 0 Å². The van der Waals surface area contributed by atoms with Gasteiger partial charge in [-0.3, -0.25) is 0 Å². The molecule has 9 aromatic carbocycles. The molecule has 2 unspecified atom stereocenters. The molecule has 2 aromatic heterocycles. The summed E-state index contributed by atoms with van der Waals surface area (Å²) in [6, 6.07) is 68.8. The van der Waals surface area contributed by atoms with Gasteiger partial charge in [-0.2, -0.15) is 0 Å². The van der Waals surface area contributed by atoms with E-state index in [9.17, 15) is 0 Å². The molecule has 3 aliphatic heterocycles. The first-order valence-corrected chi connectivity index (χ1v) is 27.6. The molecular weight excluding hydrogens is 926 g/mol. The zero-order valence-electron chi connectivity index (χ0n) is 44.9. The predicted molar refractivity (Wildman–Crippen MR) is 321 cm³/mol. The molecule has 0 spiro atoms. The van der Waals surface area contributed by atoms with Crippen molar-refractivity contribution in [3.63, 3.8) is 0 Å². The minimum Gasteiger partial charge on any atom is -0.456 e. The highest BCUT2D eigenvalue weighted by molar-refractivity contribution is 7.00. The lowest BCUT2D eigenvalue weighted by atomic mass is 9.33. The van der Waals surface area contributed by atoms with E-state index in [0.717, 1.165) is 68.1 Å². The van der Waals surface area contributed by atoms with Gasteiger partial charge in [0.05, 0.1) is 5.54 Å². The number of rotatable bonds is 4. The lowest BCUT2D eigenvalue weighted by Gasteiger charge is -2.51. The van der Waals surface area contributed by atoms with Crippen LogP contribution < -0.4 is 31.1 Å². The molecule has 1 fully saturated rings. The summed E-state index contributed by atoms with van der Waals surface area (Å²) in [6.45, 7) is 19.1. The number of nitrogens with zero attached hydrogens (tertiary/aromatic N) is 3. The Morgan fingerprint density at radius 1 is 0.421 bits per heavy atom. The number of fused-ring (bicyclic) bond motifs is 13. The molecule has 1 saturated carbocycles. The lowest BCUT2D eigenvalue weighted by molar-refractivity contribution is 0.195. The van der Waals surface area contributed by atoms with Crippen molar-refractivity contribution in [3.05, 3.63) is 199 Å². The average molecular weight is 988 g/mol. The Morgan fingerprint density at radius 2 is 0.934 bits per heavy atom. The van der Waals surface area contributed by atoms with Gasteiger partial charge in [-0.15, -0.1) is 0 Å². The monoisotopic (exact) mass is 987 g/mol. The fourth-order valence-corrected chi connectivity index (χ4v) is 14.2. The van der Waals surface area contributed by atoms with Crippen molar-refractivity contribution in [2.45, 2.75) is 103 Å². The third-order valence-electron chi connectivity index (χ3n) is 18.5. The molecule has 2 atom stereocenters. The topological polar surface area (TPSA) is 36.0 Å². The SMILES string of the molecule is CC(C)(C)c1ccc2c(c1)N(c1ccc3oc4ccccc4c3c1)c1cc(N3c4ccc(-c5ccccc5)cc4C4(C)CCCCC34C)cc3c1B2c1ccc(C(C)(C)C)cc1N3c1ccc2oc3ccccc3c2c1. The zero-order chi connectivity index (χ0) is 51.6. The van der Waals surface area contributed by atoms with Crippen LogP contribution in [0.4, 0.5) is 45.5 Å². The van der Waals surface area contributed by atoms with E-state index in [0.29, 0.717) is 0 Å². The molecule has 6 heteroatoms. The van der Waals surface area contributed by atoms with Crippen LogP contribution in [0.2, 0.25) is 0 Å². The van der Waals surface area contributed by atoms with Crippen molar-refractivity contribution in [1.29, 1.82) is 0 Å². The summed E-state index contributed by atoms with van der Waals surface area (Å²) in [5, 5.41) is 4.48. The van der Waals surface area contributed by atoms with Gasteiger partial charge in [0.15, 0.2) is 0 Å². The fourth-order valence-electron chi connectivity index (χ4n) is 14.2. The minimum atomic E-state index is -0.208. The molecule has 15 rings (SSSR count). The van der Waals surface area contributed by atoms with Gasteiger partial charge in [0.1, 0.15) is 22.3 Å². The molecule has 372 valence electrons. The first-order valence-electron chi connectivity index (χ1n) is 27.6. The molecule has 0 radical (unpaired) electrons. The molecule has 5 heterocycles. The molecule has 11 aromatic rings. The second kappa shape index (κ2) is 15.8. The van der Waals surface area contributed by atoms with Gasteiger partial charge in [0.25, 0.3) is 6.71 Å². The Morgan fingerprint density at radius 3 is 1.49 bits per heavy atom. The summed E-state index contributed by atoms with van der Waals surface area (Å²) >= 11 is 0. The third kappa shape index (κ3) is 6.39. The van der Waals surface area contributed by atoms with Crippen LogP contribution in [0.3, 0.4) is 0 Å². The highest BCUT2D eigenvalue weighted by atomic mass is 16.3. The van der Waals surface area contributed by atoms with E-state index >= 15 is 0 Å². The third-order valence-corrected chi connectivity index (χ3v) is 18.5. The number of furan rings is 2. The Balaban J connectivity index is 1.07. The van der Waals surface area contributed by atoms with E-state index in [1.807, 2.05) is 0 Å². The van der Waals surface area contributed by atoms with Crippen LogP contribution >= 0.6 is 0 Å². The van der Waals surface area contributed by atoms with Gasteiger partial charge in [0.2, 0.25) is 0 Å². The molecule has 0 bridgehead atoms. The van der Waals surface area contributed by atoms with Gasteiger partial charge >= 0.3 is 0 Å². The number of para-hydroxylation sites is 2. The van der Waals surface area contributed by atoms with Crippen LogP contribution in [0.25, 0.3) is 55.0 Å². The summed E-state index contributed by atoms with van der Waals surface area (Å²) in [7, 11) is 0. The summed E-state index contributed by atoms with van der Waals surface area (Å²) in [4.78, 5) is 8.02. The normalized spacial score (nSPS) is 18.8. The van der Waals surface area contributed by atoms with Gasteiger partial charge in [0, 0.05) is 72.5 Å². The van der Waals surface area contributed by atoms with Crippen molar-refractivity contribution < 1.29 is 8.83 Å². The molecular formula is C70H62BN3O2. The van der Waals surface area contributed by atoms with Gasteiger partial charge in [-0.05, 0) is 160 Å². The molecule has 76 heavy (non-hydrogen) atoms. The molecule has 0 N–H and O–H groups in total.